The molecule has 1 atom stereocenters. The van der Waals surface area contributed by atoms with Crippen molar-refractivity contribution < 1.29 is 9.53 Å². The molecule has 160 valence electrons. The Morgan fingerprint density at radius 3 is 2.80 bits per heavy atom. The zero-order valence-corrected chi connectivity index (χ0v) is 19.1. The molecule has 0 saturated heterocycles. The maximum Gasteiger partial charge on any atom is 0.244 e. The topological polar surface area (TPSA) is 58.9 Å². The van der Waals surface area contributed by atoms with E-state index >= 15 is 0 Å². The van der Waals surface area contributed by atoms with Gasteiger partial charge in [0.2, 0.25) is 5.91 Å². The molecule has 0 fully saturated rings. The van der Waals surface area contributed by atoms with Crippen molar-refractivity contribution in [3.63, 3.8) is 0 Å². The van der Waals surface area contributed by atoms with Gasteiger partial charge >= 0.3 is 0 Å². The van der Waals surface area contributed by atoms with Gasteiger partial charge in [0, 0.05) is 23.7 Å². The summed E-state index contributed by atoms with van der Waals surface area (Å²) in [6, 6.07) is 8.12. The van der Waals surface area contributed by atoms with Gasteiger partial charge in [-0.2, -0.15) is 0 Å². The first-order valence-electron chi connectivity index (χ1n) is 10.3. The van der Waals surface area contributed by atoms with E-state index in [-0.39, 0.29) is 11.9 Å². The highest BCUT2D eigenvalue weighted by atomic mass is 32.1. The molecule has 0 aliphatic heterocycles. The minimum absolute atomic E-state index is 0.0791. The van der Waals surface area contributed by atoms with E-state index in [1.807, 2.05) is 35.6 Å². The maximum absolute atomic E-state index is 12.6. The van der Waals surface area contributed by atoms with Crippen LogP contribution >= 0.6 is 11.3 Å². The molecule has 0 aliphatic rings. The zero-order chi connectivity index (χ0) is 21.7. The number of amides is 1. The fourth-order valence-electron chi connectivity index (χ4n) is 3.66. The first kappa shape index (κ1) is 22.1. The summed E-state index contributed by atoms with van der Waals surface area (Å²) in [5.41, 5.74) is 2.99. The number of aryl methyl sites for hydroxylation is 2. The van der Waals surface area contributed by atoms with Crippen LogP contribution < -0.4 is 10.1 Å². The van der Waals surface area contributed by atoms with Crippen molar-refractivity contribution in [2.24, 2.45) is 0 Å². The number of ether oxygens (including phenoxy) is 1. The number of fused-ring (bicyclic) bond motifs is 1. The Hall–Kier alpha value is -2.64. The van der Waals surface area contributed by atoms with E-state index in [9.17, 15) is 4.79 Å². The standard InChI is InChI=1S/C23H30N4O2S/c1-6-26(7-2)21(18-9-8-10-19(13-18)29-5)14-24-22(28)12-11-20-17(4)25-23-27(20)15-16(3)30-23/h8-13,15,21H,6-7,14H2,1-5H3,(H,24,28)/b12-11+. The highest BCUT2D eigenvalue weighted by Crippen LogP contribution is 2.24. The second kappa shape index (κ2) is 9.91. The van der Waals surface area contributed by atoms with E-state index in [0.717, 1.165) is 40.8 Å². The van der Waals surface area contributed by atoms with Gasteiger partial charge in [-0.3, -0.25) is 14.1 Å². The van der Waals surface area contributed by atoms with Crippen LogP contribution in [0.25, 0.3) is 11.0 Å². The number of likely N-dealkylation sites (N-methyl/N-ethyl adjacent to an activating group) is 1. The van der Waals surface area contributed by atoms with Crippen molar-refractivity contribution >= 4 is 28.3 Å². The number of imidazole rings is 1. The summed E-state index contributed by atoms with van der Waals surface area (Å²) in [6.45, 7) is 10.6. The van der Waals surface area contributed by atoms with Crippen LogP contribution in [0.3, 0.4) is 0 Å². The van der Waals surface area contributed by atoms with E-state index in [1.165, 1.54) is 4.88 Å². The van der Waals surface area contributed by atoms with Gasteiger partial charge in [-0.05, 0) is 50.7 Å². The van der Waals surface area contributed by atoms with Gasteiger partial charge in [0.05, 0.1) is 24.5 Å². The number of aromatic nitrogens is 2. The maximum atomic E-state index is 12.6. The van der Waals surface area contributed by atoms with Crippen LogP contribution in [0.5, 0.6) is 5.75 Å². The van der Waals surface area contributed by atoms with Crippen molar-refractivity contribution in [1.29, 1.82) is 0 Å². The highest BCUT2D eigenvalue weighted by Gasteiger charge is 2.19. The third kappa shape index (κ3) is 4.91. The Morgan fingerprint density at radius 1 is 1.33 bits per heavy atom. The number of nitrogens with zero attached hydrogens (tertiary/aromatic N) is 3. The molecule has 6 nitrogen and oxygen atoms in total. The molecule has 0 saturated carbocycles. The fraction of sp³-hybridized carbons (Fsp3) is 0.391. The Labute approximate surface area is 182 Å². The van der Waals surface area contributed by atoms with Crippen molar-refractivity contribution in [1.82, 2.24) is 19.6 Å². The molecule has 1 amide bonds. The molecule has 7 heteroatoms. The zero-order valence-electron chi connectivity index (χ0n) is 18.3. The highest BCUT2D eigenvalue weighted by molar-refractivity contribution is 7.17. The number of hydrogen-bond donors (Lipinski definition) is 1. The monoisotopic (exact) mass is 426 g/mol. The number of methoxy groups -OCH3 is 1. The fourth-order valence-corrected chi connectivity index (χ4v) is 4.54. The second-order valence-corrected chi connectivity index (χ2v) is 8.38. The van der Waals surface area contributed by atoms with Gasteiger partial charge < -0.3 is 10.1 Å². The number of benzene rings is 1. The number of hydrogen-bond acceptors (Lipinski definition) is 5. The van der Waals surface area contributed by atoms with Crippen LogP contribution in [0.2, 0.25) is 0 Å². The van der Waals surface area contributed by atoms with Crippen molar-refractivity contribution in [2.45, 2.75) is 33.7 Å². The lowest BCUT2D eigenvalue weighted by Crippen LogP contribution is -2.37. The Bertz CT molecular complexity index is 1030. The Kier molecular flexibility index (Phi) is 7.29. The average molecular weight is 427 g/mol. The van der Waals surface area contributed by atoms with Gasteiger partial charge in [-0.25, -0.2) is 4.98 Å². The Balaban J connectivity index is 1.73. The smallest absolute Gasteiger partial charge is 0.244 e. The molecule has 30 heavy (non-hydrogen) atoms. The summed E-state index contributed by atoms with van der Waals surface area (Å²) in [7, 11) is 1.67. The minimum Gasteiger partial charge on any atom is -0.497 e. The van der Waals surface area contributed by atoms with Crippen molar-refractivity contribution in [3.05, 3.63) is 58.4 Å². The van der Waals surface area contributed by atoms with Gasteiger partial charge in [-0.15, -0.1) is 11.3 Å². The summed E-state index contributed by atoms with van der Waals surface area (Å²) in [4.78, 5) is 21.6. The van der Waals surface area contributed by atoms with Crippen LogP contribution in [0, 0.1) is 13.8 Å². The number of nitrogens with one attached hydrogen (secondary N) is 1. The van der Waals surface area contributed by atoms with E-state index < -0.39 is 0 Å². The van der Waals surface area contributed by atoms with Gasteiger partial charge in [-0.1, -0.05) is 26.0 Å². The van der Waals surface area contributed by atoms with Crippen LogP contribution in [0.15, 0.2) is 36.5 Å². The summed E-state index contributed by atoms with van der Waals surface area (Å²) >= 11 is 1.65. The quantitative estimate of drug-likeness (QED) is 0.520. The summed E-state index contributed by atoms with van der Waals surface area (Å²) < 4.78 is 7.42. The SMILES string of the molecule is CCN(CC)C(CNC(=O)/C=C/c1c(C)nc2sc(C)cn12)c1cccc(OC)c1. The lowest BCUT2D eigenvalue weighted by Gasteiger charge is -2.30. The van der Waals surface area contributed by atoms with E-state index in [1.54, 1.807) is 24.5 Å². The largest absolute Gasteiger partial charge is 0.497 e. The molecule has 2 aromatic heterocycles. The van der Waals surface area contributed by atoms with Crippen LogP contribution in [-0.2, 0) is 4.79 Å². The molecule has 3 aromatic rings. The minimum atomic E-state index is -0.114. The number of carbonyl (C=O) groups is 1. The average Bonchev–Trinajstić information content (AvgIpc) is 3.23. The molecular weight excluding hydrogens is 396 g/mol. The number of thiazole rings is 1. The second-order valence-electron chi connectivity index (χ2n) is 7.17. The number of carbonyl (C=O) groups excluding carboxylic acids is 1. The van der Waals surface area contributed by atoms with Crippen LogP contribution in [0.1, 0.15) is 41.7 Å². The van der Waals surface area contributed by atoms with E-state index in [0.29, 0.717) is 6.54 Å². The van der Waals surface area contributed by atoms with E-state index in [2.05, 4.69) is 48.2 Å². The van der Waals surface area contributed by atoms with Gasteiger partial charge in [0.25, 0.3) is 0 Å². The molecule has 0 aliphatic carbocycles. The van der Waals surface area contributed by atoms with Crippen LogP contribution in [0.4, 0.5) is 0 Å². The third-order valence-corrected chi connectivity index (χ3v) is 6.15. The molecular formula is C23H30N4O2S. The van der Waals surface area contributed by atoms with Crippen molar-refractivity contribution in [2.75, 3.05) is 26.7 Å². The molecule has 1 N–H and O–H groups in total. The number of rotatable bonds is 9. The molecule has 1 unspecified atom stereocenters. The predicted octanol–water partition coefficient (Wildman–Crippen LogP) is 4.23. The normalized spacial score (nSPS) is 12.7. The molecule has 0 bridgehead atoms. The van der Waals surface area contributed by atoms with Gasteiger partial charge in [0.15, 0.2) is 4.96 Å². The molecule has 1 aromatic carbocycles. The molecule has 0 spiro atoms. The summed E-state index contributed by atoms with van der Waals surface area (Å²) in [6.07, 6.45) is 5.49. The first-order valence-corrected chi connectivity index (χ1v) is 11.1. The van der Waals surface area contributed by atoms with Crippen molar-refractivity contribution in [3.8, 4) is 5.75 Å². The predicted molar refractivity (Wildman–Crippen MR) is 123 cm³/mol. The molecule has 2 heterocycles. The first-order chi connectivity index (χ1) is 14.5. The van der Waals surface area contributed by atoms with E-state index in [4.69, 9.17) is 4.74 Å². The molecule has 0 radical (unpaired) electrons. The van der Waals surface area contributed by atoms with Gasteiger partial charge in [0.1, 0.15) is 5.75 Å². The third-order valence-electron chi connectivity index (χ3n) is 5.26. The lowest BCUT2D eigenvalue weighted by molar-refractivity contribution is -0.116. The van der Waals surface area contributed by atoms with Crippen LogP contribution in [-0.4, -0.2) is 46.9 Å². The summed E-state index contributed by atoms with van der Waals surface area (Å²) in [5, 5.41) is 3.07. The molecule has 3 rings (SSSR count). The Morgan fingerprint density at radius 2 is 2.10 bits per heavy atom. The summed E-state index contributed by atoms with van der Waals surface area (Å²) in [5.74, 6) is 0.707. The lowest BCUT2D eigenvalue weighted by atomic mass is 10.0.